The number of anilines is 2. The zero-order valence-electron chi connectivity index (χ0n) is 15.1. The first kappa shape index (κ1) is 20.1. The number of nitrogens with two attached hydrogens (primary N) is 1. The molecule has 1 amide bonds. The van der Waals surface area contributed by atoms with Crippen molar-refractivity contribution in [2.75, 3.05) is 42.9 Å². The number of carbonyl (C=O) groups is 1. The second-order valence-electron chi connectivity index (χ2n) is 6.50. The Kier molecular flexibility index (Phi) is 7.30. The van der Waals surface area contributed by atoms with Gasteiger partial charge < -0.3 is 16.0 Å². The molecule has 3 N–H and O–H groups in total. The molecule has 1 saturated heterocycles. The average molecular weight is 375 g/mol. The molecule has 2 aromatic rings. The van der Waals surface area contributed by atoms with Gasteiger partial charge >= 0.3 is 0 Å². The van der Waals surface area contributed by atoms with E-state index >= 15 is 0 Å². The quantitative estimate of drug-likeness (QED) is 0.816. The summed E-state index contributed by atoms with van der Waals surface area (Å²) >= 11 is 0. The van der Waals surface area contributed by atoms with Crippen molar-refractivity contribution in [2.45, 2.75) is 13.0 Å². The van der Waals surface area contributed by atoms with Crippen LogP contribution in [0, 0.1) is 0 Å². The molecule has 0 saturated carbocycles. The van der Waals surface area contributed by atoms with Gasteiger partial charge in [0.1, 0.15) is 0 Å². The van der Waals surface area contributed by atoms with Gasteiger partial charge in [-0.05, 0) is 31.2 Å². The smallest absolute Gasteiger partial charge is 0.250 e. The highest BCUT2D eigenvalue weighted by Gasteiger charge is 2.21. The molecule has 0 radical (unpaired) electrons. The molecule has 1 aliphatic heterocycles. The van der Waals surface area contributed by atoms with Crippen LogP contribution in [0.2, 0.25) is 0 Å². The van der Waals surface area contributed by atoms with E-state index in [-0.39, 0.29) is 12.4 Å². The number of halogens is 1. The van der Waals surface area contributed by atoms with Gasteiger partial charge in [0.25, 0.3) is 5.91 Å². The monoisotopic (exact) mass is 374 g/mol. The Hall–Kier alpha value is -2.24. The number of nitrogens with zero attached hydrogens (tertiary/aromatic N) is 2. The summed E-state index contributed by atoms with van der Waals surface area (Å²) in [5.41, 5.74) is 8.09. The number of para-hydroxylation sites is 2. The van der Waals surface area contributed by atoms with Crippen molar-refractivity contribution in [2.24, 2.45) is 5.73 Å². The molecule has 1 fully saturated rings. The maximum absolute atomic E-state index is 11.5. The van der Waals surface area contributed by atoms with Gasteiger partial charge in [0.05, 0.1) is 5.56 Å². The number of piperazine rings is 1. The lowest BCUT2D eigenvalue weighted by Crippen LogP contribution is -2.51. The van der Waals surface area contributed by atoms with Crippen molar-refractivity contribution < 1.29 is 4.79 Å². The Bertz CT molecular complexity index is 702. The van der Waals surface area contributed by atoms with Crippen LogP contribution < -0.4 is 16.0 Å². The highest BCUT2D eigenvalue weighted by Crippen LogP contribution is 2.18. The summed E-state index contributed by atoms with van der Waals surface area (Å²) in [6.45, 7) is 7.15. The summed E-state index contributed by atoms with van der Waals surface area (Å²) in [4.78, 5) is 16.4. The van der Waals surface area contributed by atoms with E-state index < -0.39 is 5.91 Å². The van der Waals surface area contributed by atoms with Crippen LogP contribution in [0.1, 0.15) is 17.3 Å². The number of hydrogen-bond acceptors (Lipinski definition) is 4. The molecule has 0 bridgehead atoms. The van der Waals surface area contributed by atoms with Crippen LogP contribution in [0.25, 0.3) is 0 Å². The molecule has 1 atom stereocenters. The molecule has 3 rings (SSSR count). The number of primary amides is 1. The third-order valence-corrected chi connectivity index (χ3v) is 4.84. The Morgan fingerprint density at radius 1 is 1.04 bits per heavy atom. The number of carbonyl (C=O) groups excluding carboxylic acids is 1. The van der Waals surface area contributed by atoms with Crippen molar-refractivity contribution in [1.29, 1.82) is 0 Å². The fourth-order valence-electron chi connectivity index (χ4n) is 3.30. The van der Waals surface area contributed by atoms with E-state index in [1.54, 1.807) is 6.07 Å². The maximum atomic E-state index is 11.5. The second kappa shape index (κ2) is 9.46. The number of hydrogen-bond donors (Lipinski definition) is 2. The van der Waals surface area contributed by atoms with Crippen molar-refractivity contribution in [1.82, 2.24) is 4.90 Å². The summed E-state index contributed by atoms with van der Waals surface area (Å²) in [6.07, 6.45) is 0. The molecule has 1 unspecified atom stereocenters. The predicted octanol–water partition coefficient (Wildman–Crippen LogP) is 2.83. The minimum Gasteiger partial charge on any atom is -0.383 e. The molecule has 1 heterocycles. The Morgan fingerprint density at radius 3 is 2.31 bits per heavy atom. The molecule has 5 nitrogen and oxygen atoms in total. The predicted molar refractivity (Wildman–Crippen MR) is 110 cm³/mol. The van der Waals surface area contributed by atoms with E-state index in [0.717, 1.165) is 38.4 Å². The molecular weight excluding hydrogens is 348 g/mol. The van der Waals surface area contributed by atoms with Gasteiger partial charge in [-0.25, -0.2) is 0 Å². The molecule has 0 aromatic heterocycles. The molecule has 6 heteroatoms. The Balaban J connectivity index is 0.00000243. The van der Waals surface area contributed by atoms with E-state index in [1.807, 2.05) is 18.2 Å². The third-order valence-electron chi connectivity index (χ3n) is 4.84. The average Bonchev–Trinajstić information content (AvgIpc) is 2.67. The molecule has 26 heavy (non-hydrogen) atoms. The summed E-state index contributed by atoms with van der Waals surface area (Å²) in [6, 6.07) is 18.4. The fourth-order valence-corrected chi connectivity index (χ4v) is 3.30. The summed E-state index contributed by atoms with van der Waals surface area (Å²) in [5.74, 6) is -0.396. The normalized spacial score (nSPS) is 15.8. The van der Waals surface area contributed by atoms with Crippen LogP contribution in [0.15, 0.2) is 54.6 Å². The van der Waals surface area contributed by atoms with Gasteiger partial charge in [-0.3, -0.25) is 9.69 Å². The zero-order chi connectivity index (χ0) is 17.6. The number of nitrogens with one attached hydrogen (secondary N) is 1. The lowest BCUT2D eigenvalue weighted by Gasteiger charge is -2.39. The van der Waals surface area contributed by atoms with Gasteiger partial charge in [0.2, 0.25) is 0 Å². The van der Waals surface area contributed by atoms with Gasteiger partial charge in [-0.1, -0.05) is 30.3 Å². The molecule has 1 aliphatic rings. The van der Waals surface area contributed by atoms with E-state index in [9.17, 15) is 4.79 Å². The zero-order valence-corrected chi connectivity index (χ0v) is 15.9. The minimum atomic E-state index is -0.396. The van der Waals surface area contributed by atoms with Crippen LogP contribution >= 0.6 is 12.4 Å². The van der Waals surface area contributed by atoms with Crippen LogP contribution in [0.3, 0.4) is 0 Å². The summed E-state index contributed by atoms with van der Waals surface area (Å²) in [5, 5.41) is 3.38. The Labute approximate surface area is 161 Å². The maximum Gasteiger partial charge on any atom is 0.250 e. The van der Waals surface area contributed by atoms with Gasteiger partial charge in [0, 0.05) is 50.1 Å². The van der Waals surface area contributed by atoms with Crippen molar-refractivity contribution in [3.05, 3.63) is 60.2 Å². The van der Waals surface area contributed by atoms with Crippen molar-refractivity contribution in [3.63, 3.8) is 0 Å². The molecule has 2 aromatic carbocycles. The number of benzene rings is 2. The molecule has 0 aliphatic carbocycles. The van der Waals surface area contributed by atoms with E-state index in [0.29, 0.717) is 11.6 Å². The summed E-state index contributed by atoms with van der Waals surface area (Å²) in [7, 11) is 0. The first-order valence-electron chi connectivity index (χ1n) is 8.82. The SMILES string of the molecule is CC(CNc1ccccc1C(N)=O)N1CCN(c2ccccc2)CC1.Cl. The van der Waals surface area contributed by atoms with E-state index in [4.69, 9.17) is 5.73 Å². The summed E-state index contributed by atoms with van der Waals surface area (Å²) < 4.78 is 0. The standard InChI is InChI=1S/C20H26N4O.ClH/c1-16(15-22-19-10-6-5-9-18(19)20(21)25)23-11-13-24(14-12-23)17-7-3-2-4-8-17;/h2-10,16,22H,11-15H2,1H3,(H2,21,25);1H. The highest BCUT2D eigenvalue weighted by molar-refractivity contribution is 5.98. The largest absolute Gasteiger partial charge is 0.383 e. The van der Waals surface area contributed by atoms with Gasteiger partial charge in [-0.15, -0.1) is 12.4 Å². The van der Waals surface area contributed by atoms with Crippen LogP contribution in [0.5, 0.6) is 0 Å². The lowest BCUT2D eigenvalue weighted by atomic mass is 10.1. The van der Waals surface area contributed by atoms with Crippen LogP contribution in [0.4, 0.5) is 11.4 Å². The topological polar surface area (TPSA) is 61.6 Å². The van der Waals surface area contributed by atoms with Crippen LogP contribution in [-0.2, 0) is 0 Å². The Morgan fingerprint density at radius 2 is 1.65 bits per heavy atom. The lowest BCUT2D eigenvalue weighted by molar-refractivity contribution is 0.100. The molecule has 0 spiro atoms. The first-order valence-corrected chi connectivity index (χ1v) is 8.82. The second-order valence-corrected chi connectivity index (χ2v) is 6.50. The van der Waals surface area contributed by atoms with Crippen LogP contribution in [-0.4, -0.2) is 49.6 Å². The van der Waals surface area contributed by atoms with E-state index in [1.165, 1.54) is 5.69 Å². The third kappa shape index (κ3) is 4.90. The fraction of sp³-hybridized carbons (Fsp3) is 0.350. The number of rotatable bonds is 6. The van der Waals surface area contributed by atoms with Gasteiger partial charge in [0.15, 0.2) is 0 Å². The first-order chi connectivity index (χ1) is 12.1. The van der Waals surface area contributed by atoms with Gasteiger partial charge in [-0.2, -0.15) is 0 Å². The number of amides is 1. The molecular formula is C20H27ClN4O. The van der Waals surface area contributed by atoms with Crippen molar-refractivity contribution in [3.8, 4) is 0 Å². The minimum absolute atomic E-state index is 0. The molecule has 140 valence electrons. The highest BCUT2D eigenvalue weighted by atomic mass is 35.5. The van der Waals surface area contributed by atoms with Crippen molar-refractivity contribution >= 4 is 29.7 Å². The van der Waals surface area contributed by atoms with E-state index in [2.05, 4.69) is 52.4 Å².